The summed E-state index contributed by atoms with van der Waals surface area (Å²) in [7, 11) is 0. The third kappa shape index (κ3) is 4.30. The molecule has 0 atom stereocenters. The number of hydrogen-bond acceptors (Lipinski definition) is 3. The van der Waals surface area contributed by atoms with Crippen molar-refractivity contribution in [1.82, 2.24) is 9.80 Å². The first-order valence-electron chi connectivity index (χ1n) is 10.9. The van der Waals surface area contributed by atoms with Crippen LogP contribution in [0.15, 0.2) is 77.2 Å². The predicted molar refractivity (Wildman–Crippen MR) is 124 cm³/mol. The van der Waals surface area contributed by atoms with E-state index in [1.54, 1.807) is 12.1 Å². The van der Waals surface area contributed by atoms with Gasteiger partial charge in [-0.1, -0.05) is 35.9 Å². The van der Waals surface area contributed by atoms with E-state index in [1.807, 2.05) is 11.0 Å². The molecule has 3 aromatic carbocycles. The highest BCUT2D eigenvalue weighted by Crippen LogP contribution is 2.27. The number of nitrogens with zero attached hydrogens (tertiary/aromatic N) is 2. The largest absolute Gasteiger partial charge is 0.460 e. The van der Waals surface area contributed by atoms with Crippen molar-refractivity contribution in [1.29, 1.82) is 0 Å². The quantitative estimate of drug-likeness (QED) is 0.430. The molecule has 1 aliphatic heterocycles. The van der Waals surface area contributed by atoms with E-state index in [0.29, 0.717) is 25.2 Å². The van der Waals surface area contributed by atoms with E-state index in [2.05, 4.69) is 54.3 Å². The Morgan fingerprint density at radius 3 is 2.28 bits per heavy atom. The number of halogens is 1. The van der Waals surface area contributed by atoms with Crippen molar-refractivity contribution >= 4 is 16.9 Å². The molecule has 162 valence electrons. The van der Waals surface area contributed by atoms with Crippen LogP contribution in [0.4, 0.5) is 4.39 Å². The van der Waals surface area contributed by atoms with Crippen LogP contribution >= 0.6 is 0 Å². The molecule has 1 aromatic heterocycles. The van der Waals surface area contributed by atoms with Crippen molar-refractivity contribution in [2.75, 3.05) is 26.2 Å². The van der Waals surface area contributed by atoms with Crippen LogP contribution in [0.2, 0.25) is 0 Å². The van der Waals surface area contributed by atoms with E-state index in [-0.39, 0.29) is 11.7 Å². The predicted octanol–water partition coefficient (Wildman–Crippen LogP) is 5.51. The number of fused-ring (bicyclic) bond motifs is 1. The van der Waals surface area contributed by atoms with Gasteiger partial charge in [0.25, 0.3) is 5.91 Å². The highest BCUT2D eigenvalue weighted by atomic mass is 19.1. The van der Waals surface area contributed by atoms with Crippen LogP contribution in [0.5, 0.6) is 0 Å². The number of carbonyl (C=O) groups excluding carboxylic acids is 1. The summed E-state index contributed by atoms with van der Waals surface area (Å²) in [5, 5.41) is 1.10. The van der Waals surface area contributed by atoms with Gasteiger partial charge in [-0.15, -0.1) is 0 Å². The fraction of sp³-hybridized carbons (Fsp3) is 0.222. The van der Waals surface area contributed by atoms with Gasteiger partial charge in [-0.3, -0.25) is 9.69 Å². The highest BCUT2D eigenvalue weighted by molar-refractivity contribution is 5.94. The summed E-state index contributed by atoms with van der Waals surface area (Å²) in [4.78, 5) is 16.8. The Hall–Kier alpha value is -3.44. The lowest BCUT2D eigenvalue weighted by Crippen LogP contribution is -2.48. The van der Waals surface area contributed by atoms with Crippen molar-refractivity contribution in [3.8, 4) is 11.1 Å². The van der Waals surface area contributed by atoms with E-state index in [4.69, 9.17) is 4.42 Å². The zero-order valence-corrected chi connectivity index (χ0v) is 18.1. The van der Waals surface area contributed by atoms with Crippen molar-refractivity contribution < 1.29 is 13.6 Å². The van der Waals surface area contributed by atoms with E-state index in [1.165, 1.54) is 28.8 Å². The zero-order chi connectivity index (χ0) is 22.1. The van der Waals surface area contributed by atoms with Crippen LogP contribution in [0.1, 0.15) is 21.7 Å². The Balaban J connectivity index is 1.23. The maximum atomic E-state index is 13.1. The molecule has 0 saturated carbocycles. The lowest BCUT2D eigenvalue weighted by molar-refractivity contribution is 0.0621. The van der Waals surface area contributed by atoms with Gasteiger partial charge in [-0.05, 0) is 60.5 Å². The lowest BCUT2D eigenvalue weighted by Gasteiger charge is -2.34. The summed E-state index contributed by atoms with van der Waals surface area (Å²) < 4.78 is 19.2. The van der Waals surface area contributed by atoms with E-state index in [9.17, 15) is 9.18 Å². The molecule has 5 rings (SSSR count). The molecule has 1 fully saturated rings. The third-order valence-corrected chi connectivity index (χ3v) is 6.08. The minimum absolute atomic E-state index is 0.0444. The SMILES string of the molecule is Cc1ccc(-c2ccc3oc(CN4CCN(C(=O)c5ccc(F)cc5)CC4)cc3c2)cc1. The minimum atomic E-state index is -0.330. The minimum Gasteiger partial charge on any atom is -0.460 e. The molecule has 5 heteroatoms. The second-order valence-electron chi connectivity index (χ2n) is 8.41. The monoisotopic (exact) mass is 428 g/mol. The Labute approximate surface area is 186 Å². The molecule has 0 N–H and O–H groups in total. The molecule has 4 aromatic rings. The van der Waals surface area contributed by atoms with Crippen LogP contribution in [0.3, 0.4) is 0 Å². The smallest absolute Gasteiger partial charge is 0.253 e. The summed E-state index contributed by atoms with van der Waals surface area (Å²) >= 11 is 0. The number of piperazine rings is 1. The third-order valence-electron chi connectivity index (χ3n) is 6.08. The molecular weight excluding hydrogens is 403 g/mol. The van der Waals surface area contributed by atoms with Crippen LogP contribution in [-0.4, -0.2) is 41.9 Å². The van der Waals surface area contributed by atoms with Gasteiger partial charge in [-0.25, -0.2) is 4.39 Å². The van der Waals surface area contributed by atoms with Crippen molar-refractivity contribution in [3.63, 3.8) is 0 Å². The molecule has 32 heavy (non-hydrogen) atoms. The maximum Gasteiger partial charge on any atom is 0.253 e. The zero-order valence-electron chi connectivity index (χ0n) is 18.1. The highest BCUT2D eigenvalue weighted by Gasteiger charge is 2.23. The molecule has 0 aliphatic carbocycles. The fourth-order valence-electron chi connectivity index (χ4n) is 4.21. The lowest BCUT2D eigenvalue weighted by atomic mass is 10.0. The molecule has 0 radical (unpaired) electrons. The summed E-state index contributed by atoms with van der Waals surface area (Å²) in [6.07, 6.45) is 0. The van der Waals surface area contributed by atoms with E-state index < -0.39 is 0 Å². The van der Waals surface area contributed by atoms with Crippen LogP contribution in [-0.2, 0) is 6.54 Å². The molecule has 1 amide bonds. The Bertz CT molecular complexity index is 1240. The van der Waals surface area contributed by atoms with Crippen LogP contribution < -0.4 is 0 Å². The number of aryl methyl sites for hydroxylation is 1. The first-order valence-corrected chi connectivity index (χ1v) is 10.9. The van der Waals surface area contributed by atoms with Gasteiger partial charge in [0, 0.05) is 37.1 Å². The average molecular weight is 429 g/mol. The molecule has 2 heterocycles. The van der Waals surface area contributed by atoms with Gasteiger partial charge in [0.05, 0.1) is 6.54 Å². The number of amides is 1. The number of hydrogen-bond donors (Lipinski definition) is 0. The molecule has 1 saturated heterocycles. The van der Waals surface area contributed by atoms with Crippen molar-refractivity contribution in [2.45, 2.75) is 13.5 Å². The first kappa shape index (κ1) is 20.5. The van der Waals surface area contributed by atoms with E-state index >= 15 is 0 Å². The van der Waals surface area contributed by atoms with Gasteiger partial charge < -0.3 is 9.32 Å². The van der Waals surface area contributed by atoms with Gasteiger partial charge >= 0.3 is 0 Å². The summed E-state index contributed by atoms with van der Waals surface area (Å²) in [5.41, 5.74) is 5.04. The number of carbonyl (C=O) groups is 1. The maximum absolute atomic E-state index is 13.1. The van der Waals surface area contributed by atoms with Crippen LogP contribution in [0.25, 0.3) is 22.1 Å². The van der Waals surface area contributed by atoms with Gasteiger partial charge in [-0.2, -0.15) is 0 Å². The molecule has 1 aliphatic rings. The number of benzene rings is 3. The normalized spacial score (nSPS) is 14.8. The van der Waals surface area contributed by atoms with Gasteiger partial charge in [0.1, 0.15) is 17.2 Å². The Kier molecular flexibility index (Phi) is 5.50. The Morgan fingerprint density at radius 1 is 0.875 bits per heavy atom. The van der Waals surface area contributed by atoms with Crippen LogP contribution in [0, 0.1) is 12.7 Å². The van der Waals surface area contributed by atoms with Gasteiger partial charge in [0.2, 0.25) is 0 Å². The summed E-state index contributed by atoms with van der Waals surface area (Å²) in [5.74, 6) is 0.555. The van der Waals surface area contributed by atoms with Crippen molar-refractivity contribution in [2.24, 2.45) is 0 Å². The second-order valence-corrected chi connectivity index (χ2v) is 8.41. The van der Waals surface area contributed by atoms with Crippen molar-refractivity contribution in [3.05, 3.63) is 95.5 Å². The summed E-state index contributed by atoms with van der Waals surface area (Å²) in [6.45, 7) is 5.65. The fourth-order valence-corrected chi connectivity index (χ4v) is 4.21. The Morgan fingerprint density at radius 2 is 1.56 bits per heavy atom. The van der Waals surface area contributed by atoms with Gasteiger partial charge in [0.15, 0.2) is 0 Å². The molecule has 4 nitrogen and oxygen atoms in total. The molecule has 0 bridgehead atoms. The molecule has 0 spiro atoms. The number of furan rings is 1. The topological polar surface area (TPSA) is 36.7 Å². The number of rotatable bonds is 4. The second kappa shape index (κ2) is 8.60. The standard InChI is InChI=1S/C27H25FN2O2/c1-19-2-4-20(5-3-19)22-8-11-26-23(16-22)17-25(32-26)18-29-12-14-30(15-13-29)27(31)21-6-9-24(28)10-7-21/h2-11,16-17H,12-15,18H2,1H3. The first-order chi connectivity index (χ1) is 15.5. The molecular formula is C27H25FN2O2. The average Bonchev–Trinajstić information content (AvgIpc) is 3.21. The summed E-state index contributed by atoms with van der Waals surface area (Å²) in [6, 6.07) is 22.7. The van der Waals surface area contributed by atoms with E-state index in [0.717, 1.165) is 29.8 Å². The molecule has 0 unspecified atom stereocenters.